The normalized spacial score (nSPS) is 11.3. The van der Waals surface area contributed by atoms with Crippen molar-refractivity contribution in [3.05, 3.63) is 86.9 Å². The number of amides is 1. The first-order chi connectivity index (χ1) is 14.6. The molecule has 1 amide bonds. The molecule has 31 heavy (non-hydrogen) atoms. The van der Waals surface area contributed by atoms with Crippen LogP contribution in [0.3, 0.4) is 0 Å². The second-order valence-electron chi connectivity index (χ2n) is 6.91. The average Bonchev–Trinajstić information content (AvgIpc) is 2.69. The summed E-state index contributed by atoms with van der Waals surface area (Å²) in [4.78, 5) is 12.9. The highest BCUT2D eigenvalue weighted by Crippen LogP contribution is 2.30. The number of nitrogens with one attached hydrogen (secondary N) is 1. The Morgan fingerprint density at radius 1 is 0.935 bits per heavy atom. The molecule has 0 fully saturated rings. The Labute approximate surface area is 196 Å². The Balaban J connectivity index is 2.00. The van der Waals surface area contributed by atoms with Gasteiger partial charge in [0, 0.05) is 20.8 Å². The summed E-state index contributed by atoms with van der Waals surface area (Å²) in [6.45, 7) is 3.13. The second kappa shape index (κ2) is 9.49. The maximum Gasteiger partial charge on any atom is 0.264 e. The van der Waals surface area contributed by atoms with Gasteiger partial charge in [0.2, 0.25) is 5.91 Å². The van der Waals surface area contributed by atoms with Crippen LogP contribution in [0.15, 0.2) is 65.6 Å². The quantitative estimate of drug-likeness (QED) is 0.447. The third-order valence-corrected chi connectivity index (χ3v) is 7.21. The number of nitrogens with zero attached hydrogens (tertiary/aromatic N) is 1. The molecule has 0 aliphatic rings. The van der Waals surface area contributed by atoms with Crippen LogP contribution < -0.4 is 9.62 Å². The molecule has 0 aromatic heterocycles. The van der Waals surface area contributed by atoms with Crippen LogP contribution in [-0.4, -0.2) is 20.9 Å². The molecule has 0 radical (unpaired) electrons. The molecular formula is C22H19Cl3N2O3S. The average molecular weight is 498 g/mol. The molecule has 0 saturated heterocycles. The summed E-state index contributed by atoms with van der Waals surface area (Å²) < 4.78 is 27.8. The van der Waals surface area contributed by atoms with Crippen molar-refractivity contribution in [2.45, 2.75) is 18.7 Å². The van der Waals surface area contributed by atoms with Crippen molar-refractivity contribution in [2.75, 3.05) is 16.2 Å². The monoisotopic (exact) mass is 496 g/mol. The molecule has 5 nitrogen and oxygen atoms in total. The number of rotatable bonds is 6. The van der Waals surface area contributed by atoms with Crippen LogP contribution in [0.5, 0.6) is 0 Å². The van der Waals surface area contributed by atoms with E-state index >= 15 is 0 Å². The summed E-state index contributed by atoms with van der Waals surface area (Å²) in [5.41, 5.74) is 2.26. The van der Waals surface area contributed by atoms with Crippen LogP contribution >= 0.6 is 34.8 Å². The number of anilines is 2. The van der Waals surface area contributed by atoms with E-state index in [2.05, 4.69) is 5.32 Å². The molecule has 0 aliphatic carbocycles. The van der Waals surface area contributed by atoms with Crippen LogP contribution in [-0.2, 0) is 14.8 Å². The van der Waals surface area contributed by atoms with Gasteiger partial charge in [-0.1, -0.05) is 58.6 Å². The smallest absolute Gasteiger partial charge is 0.264 e. The predicted octanol–water partition coefficient (Wildman–Crippen LogP) is 6.10. The van der Waals surface area contributed by atoms with Gasteiger partial charge in [0.1, 0.15) is 6.54 Å². The Morgan fingerprint density at radius 2 is 1.55 bits per heavy atom. The van der Waals surface area contributed by atoms with Gasteiger partial charge in [-0.15, -0.1) is 0 Å². The number of carbonyl (C=O) groups excluding carboxylic acids is 1. The highest BCUT2D eigenvalue weighted by atomic mass is 35.5. The summed E-state index contributed by atoms with van der Waals surface area (Å²) in [5, 5.41) is 3.70. The lowest BCUT2D eigenvalue weighted by atomic mass is 10.2. The van der Waals surface area contributed by atoms with Crippen LogP contribution in [0.2, 0.25) is 15.1 Å². The molecular weight excluding hydrogens is 479 g/mol. The van der Waals surface area contributed by atoms with Gasteiger partial charge >= 0.3 is 0 Å². The Kier molecular flexibility index (Phi) is 7.17. The van der Waals surface area contributed by atoms with Gasteiger partial charge in [0.05, 0.1) is 10.6 Å². The molecule has 0 saturated carbocycles. The Bertz CT molecular complexity index is 1210. The predicted molar refractivity (Wildman–Crippen MR) is 127 cm³/mol. The van der Waals surface area contributed by atoms with Gasteiger partial charge < -0.3 is 5.32 Å². The second-order valence-corrected chi connectivity index (χ2v) is 10.1. The van der Waals surface area contributed by atoms with Gasteiger partial charge in [0.25, 0.3) is 10.0 Å². The lowest BCUT2D eigenvalue weighted by molar-refractivity contribution is -0.114. The minimum atomic E-state index is -4.08. The van der Waals surface area contributed by atoms with Gasteiger partial charge in [0.15, 0.2) is 0 Å². The largest absolute Gasteiger partial charge is 0.324 e. The molecule has 0 spiro atoms. The van der Waals surface area contributed by atoms with E-state index in [1.807, 2.05) is 6.92 Å². The lowest BCUT2D eigenvalue weighted by Crippen LogP contribution is -2.38. The van der Waals surface area contributed by atoms with Gasteiger partial charge in [-0.3, -0.25) is 9.10 Å². The van der Waals surface area contributed by atoms with Crippen molar-refractivity contribution in [2.24, 2.45) is 0 Å². The molecule has 3 rings (SSSR count). The van der Waals surface area contributed by atoms with Crippen molar-refractivity contribution in [3.8, 4) is 0 Å². The molecule has 162 valence electrons. The van der Waals surface area contributed by atoms with E-state index in [0.29, 0.717) is 16.3 Å². The molecule has 0 unspecified atom stereocenters. The van der Waals surface area contributed by atoms with Crippen LogP contribution in [0.25, 0.3) is 0 Å². The highest BCUT2D eigenvalue weighted by Gasteiger charge is 2.28. The van der Waals surface area contributed by atoms with E-state index in [1.54, 1.807) is 37.3 Å². The van der Waals surface area contributed by atoms with E-state index in [9.17, 15) is 13.2 Å². The van der Waals surface area contributed by atoms with Gasteiger partial charge in [-0.25, -0.2) is 8.42 Å². The van der Waals surface area contributed by atoms with Crippen molar-refractivity contribution in [3.63, 3.8) is 0 Å². The molecule has 3 aromatic carbocycles. The summed E-state index contributed by atoms with van der Waals surface area (Å²) >= 11 is 18.3. The van der Waals surface area contributed by atoms with Crippen molar-refractivity contribution in [1.82, 2.24) is 0 Å². The van der Waals surface area contributed by atoms with Gasteiger partial charge in [-0.05, 0) is 61.9 Å². The zero-order valence-corrected chi connectivity index (χ0v) is 19.8. The maximum absolute atomic E-state index is 13.4. The highest BCUT2D eigenvalue weighted by molar-refractivity contribution is 7.92. The van der Waals surface area contributed by atoms with E-state index in [-0.39, 0.29) is 20.6 Å². The number of sulfonamides is 1. The molecule has 3 aromatic rings. The molecule has 0 heterocycles. The van der Waals surface area contributed by atoms with Crippen molar-refractivity contribution < 1.29 is 13.2 Å². The third kappa shape index (κ3) is 5.52. The van der Waals surface area contributed by atoms with Crippen molar-refractivity contribution >= 4 is 62.1 Å². The fourth-order valence-corrected chi connectivity index (χ4v) is 4.99. The first-order valence-electron chi connectivity index (χ1n) is 9.18. The number of hydrogen-bond donors (Lipinski definition) is 1. The number of aryl methyl sites for hydroxylation is 1. The summed E-state index contributed by atoms with van der Waals surface area (Å²) in [6, 6.07) is 15.8. The molecule has 0 atom stereocenters. The summed E-state index contributed by atoms with van der Waals surface area (Å²) in [7, 11) is -4.08. The number of halogens is 3. The fourth-order valence-electron chi connectivity index (χ4n) is 2.90. The van der Waals surface area contributed by atoms with E-state index in [0.717, 1.165) is 9.87 Å². The number of hydrogen-bond acceptors (Lipinski definition) is 3. The zero-order chi connectivity index (χ0) is 22.8. The number of benzene rings is 3. The maximum atomic E-state index is 13.4. The van der Waals surface area contributed by atoms with E-state index in [4.69, 9.17) is 34.8 Å². The lowest BCUT2D eigenvalue weighted by Gasteiger charge is -2.25. The first kappa shape index (κ1) is 23.4. The van der Waals surface area contributed by atoms with Crippen molar-refractivity contribution in [1.29, 1.82) is 0 Å². The van der Waals surface area contributed by atoms with E-state index in [1.165, 1.54) is 30.3 Å². The van der Waals surface area contributed by atoms with Crippen LogP contribution in [0, 0.1) is 13.8 Å². The van der Waals surface area contributed by atoms with Crippen LogP contribution in [0.1, 0.15) is 11.1 Å². The standard InChI is InChI=1S/C22H19Cl3N2O3S/c1-14-6-8-19(9-7-14)31(29,30)27(18-11-16(23)10-17(24)12-18)13-22(28)26-21-5-3-4-20(25)15(21)2/h3-12H,13H2,1-2H3,(H,26,28). The SMILES string of the molecule is Cc1ccc(S(=O)(=O)N(CC(=O)Nc2cccc(Cl)c2C)c2cc(Cl)cc(Cl)c2)cc1. The molecule has 9 heteroatoms. The molecule has 1 N–H and O–H groups in total. The van der Waals surface area contributed by atoms with Gasteiger partial charge in [-0.2, -0.15) is 0 Å². The third-order valence-electron chi connectivity index (χ3n) is 4.57. The molecule has 0 bridgehead atoms. The molecule has 0 aliphatic heterocycles. The fraction of sp³-hybridized carbons (Fsp3) is 0.136. The minimum absolute atomic E-state index is 0.0425. The van der Waals surface area contributed by atoms with Crippen LogP contribution in [0.4, 0.5) is 11.4 Å². The van der Waals surface area contributed by atoms with E-state index < -0.39 is 22.5 Å². The summed E-state index contributed by atoms with van der Waals surface area (Å²) in [6.07, 6.45) is 0. The number of carbonyl (C=O) groups is 1. The first-order valence-corrected chi connectivity index (χ1v) is 11.8. The topological polar surface area (TPSA) is 66.5 Å². The zero-order valence-electron chi connectivity index (χ0n) is 16.7. The summed E-state index contributed by atoms with van der Waals surface area (Å²) in [5.74, 6) is -0.544. The Hall–Kier alpha value is -2.25. The Morgan fingerprint density at radius 3 is 2.16 bits per heavy atom. The minimum Gasteiger partial charge on any atom is -0.324 e.